The molecule has 0 saturated heterocycles. The van der Waals surface area contributed by atoms with E-state index in [1.54, 1.807) is 0 Å². The third-order valence-corrected chi connectivity index (χ3v) is 3.23. The van der Waals surface area contributed by atoms with E-state index in [4.69, 9.17) is 5.73 Å². The molecule has 98 valence electrons. The second-order valence-corrected chi connectivity index (χ2v) is 7.07. The van der Waals surface area contributed by atoms with Crippen molar-refractivity contribution in [3.05, 3.63) is 0 Å². The number of rotatable bonds is 7. The van der Waals surface area contributed by atoms with Crippen molar-refractivity contribution in [2.45, 2.75) is 53.9 Å². The summed E-state index contributed by atoms with van der Waals surface area (Å²) in [6, 6.07) is 0. The Morgan fingerprint density at radius 3 is 1.81 bits per heavy atom. The standard InChI is InChI=1S/C14H32N2/c1-13(2,3)8-11-16(6)12-9-14(4,5)7-10-15/h7-12,15H2,1-6H3. The first-order chi connectivity index (χ1) is 7.16. The fourth-order valence-corrected chi connectivity index (χ4v) is 1.65. The van der Waals surface area contributed by atoms with Crippen LogP contribution >= 0.6 is 0 Å². The molecule has 0 aliphatic rings. The molecule has 0 heterocycles. The van der Waals surface area contributed by atoms with Crippen molar-refractivity contribution in [2.75, 3.05) is 26.7 Å². The van der Waals surface area contributed by atoms with Gasteiger partial charge in [0.1, 0.15) is 0 Å². The third kappa shape index (κ3) is 9.17. The third-order valence-electron chi connectivity index (χ3n) is 3.23. The Bertz CT molecular complexity index is 180. The highest BCUT2D eigenvalue weighted by Gasteiger charge is 2.18. The predicted molar refractivity (Wildman–Crippen MR) is 73.6 cm³/mol. The molecule has 2 nitrogen and oxygen atoms in total. The van der Waals surface area contributed by atoms with Crippen LogP contribution in [0.3, 0.4) is 0 Å². The van der Waals surface area contributed by atoms with E-state index < -0.39 is 0 Å². The molecular weight excluding hydrogens is 196 g/mol. The largest absolute Gasteiger partial charge is 0.330 e. The lowest BCUT2D eigenvalue weighted by Gasteiger charge is -2.28. The minimum atomic E-state index is 0.394. The van der Waals surface area contributed by atoms with Gasteiger partial charge in [-0.1, -0.05) is 34.6 Å². The average molecular weight is 228 g/mol. The van der Waals surface area contributed by atoms with Gasteiger partial charge < -0.3 is 10.6 Å². The first kappa shape index (κ1) is 15.9. The maximum atomic E-state index is 5.62. The SMILES string of the molecule is CN(CCC(C)(C)C)CCC(C)(C)CCN. The molecule has 0 unspecified atom stereocenters. The van der Waals surface area contributed by atoms with Gasteiger partial charge in [-0.25, -0.2) is 0 Å². The molecule has 0 atom stereocenters. The van der Waals surface area contributed by atoms with E-state index in [1.165, 1.54) is 25.9 Å². The summed E-state index contributed by atoms with van der Waals surface area (Å²) in [5, 5.41) is 0. The Hall–Kier alpha value is -0.0800. The quantitative estimate of drug-likeness (QED) is 0.725. The van der Waals surface area contributed by atoms with Gasteiger partial charge in [0.15, 0.2) is 0 Å². The van der Waals surface area contributed by atoms with Gasteiger partial charge in [0.2, 0.25) is 0 Å². The lowest BCUT2D eigenvalue weighted by atomic mass is 9.85. The summed E-state index contributed by atoms with van der Waals surface area (Å²) < 4.78 is 0. The van der Waals surface area contributed by atoms with Crippen LogP contribution in [0.4, 0.5) is 0 Å². The van der Waals surface area contributed by atoms with Crippen LogP contribution in [-0.2, 0) is 0 Å². The van der Waals surface area contributed by atoms with Crippen molar-refractivity contribution in [3.8, 4) is 0 Å². The van der Waals surface area contributed by atoms with E-state index in [0.717, 1.165) is 13.0 Å². The number of nitrogens with two attached hydrogens (primary N) is 1. The maximum absolute atomic E-state index is 5.62. The molecule has 0 saturated carbocycles. The van der Waals surface area contributed by atoms with Gasteiger partial charge in [0.05, 0.1) is 0 Å². The Balaban J connectivity index is 3.76. The van der Waals surface area contributed by atoms with E-state index in [2.05, 4.69) is 46.6 Å². The number of nitrogens with zero attached hydrogens (tertiary/aromatic N) is 1. The summed E-state index contributed by atoms with van der Waals surface area (Å²) in [6.07, 6.45) is 3.63. The lowest BCUT2D eigenvalue weighted by Crippen LogP contribution is -2.28. The topological polar surface area (TPSA) is 29.3 Å². The molecule has 0 aromatic rings. The fourth-order valence-electron chi connectivity index (χ4n) is 1.65. The first-order valence-electron chi connectivity index (χ1n) is 6.55. The molecule has 0 aromatic heterocycles. The highest BCUT2D eigenvalue weighted by atomic mass is 15.1. The second kappa shape index (κ2) is 6.61. The number of hydrogen-bond donors (Lipinski definition) is 1. The molecule has 0 aromatic carbocycles. The van der Waals surface area contributed by atoms with Crippen LogP contribution in [0.25, 0.3) is 0 Å². The lowest BCUT2D eigenvalue weighted by molar-refractivity contribution is 0.216. The van der Waals surface area contributed by atoms with Gasteiger partial charge in [-0.05, 0) is 56.8 Å². The Kier molecular flexibility index (Phi) is 6.57. The van der Waals surface area contributed by atoms with Crippen molar-refractivity contribution in [1.82, 2.24) is 4.90 Å². The van der Waals surface area contributed by atoms with Gasteiger partial charge in [-0.15, -0.1) is 0 Å². The zero-order chi connectivity index (χ0) is 12.8. The Morgan fingerprint density at radius 2 is 1.38 bits per heavy atom. The van der Waals surface area contributed by atoms with Crippen molar-refractivity contribution < 1.29 is 0 Å². The van der Waals surface area contributed by atoms with Crippen LogP contribution in [0.2, 0.25) is 0 Å². The average Bonchev–Trinajstić information content (AvgIpc) is 2.10. The first-order valence-corrected chi connectivity index (χ1v) is 6.55. The second-order valence-electron chi connectivity index (χ2n) is 7.07. The van der Waals surface area contributed by atoms with Crippen molar-refractivity contribution in [2.24, 2.45) is 16.6 Å². The normalized spacial score (nSPS) is 13.5. The molecule has 0 bridgehead atoms. The Labute approximate surface area is 103 Å². The van der Waals surface area contributed by atoms with E-state index in [0.29, 0.717) is 10.8 Å². The minimum Gasteiger partial charge on any atom is -0.330 e. The molecule has 2 heteroatoms. The molecule has 0 rings (SSSR count). The molecule has 2 N–H and O–H groups in total. The summed E-state index contributed by atoms with van der Waals surface area (Å²) in [6.45, 7) is 14.7. The summed E-state index contributed by atoms with van der Waals surface area (Å²) >= 11 is 0. The zero-order valence-electron chi connectivity index (χ0n) is 12.3. The summed E-state index contributed by atoms with van der Waals surface area (Å²) in [4.78, 5) is 2.45. The molecule has 0 aliphatic heterocycles. The summed E-state index contributed by atoms with van der Waals surface area (Å²) in [7, 11) is 2.23. The van der Waals surface area contributed by atoms with Gasteiger partial charge in [-0.2, -0.15) is 0 Å². The summed E-state index contributed by atoms with van der Waals surface area (Å²) in [5.41, 5.74) is 6.46. The summed E-state index contributed by atoms with van der Waals surface area (Å²) in [5.74, 6) is 0. The van der Waals surface area contributed by atoms with E-state index in [1.807, 2.05) is 0 Å². The van der Waals surface area contributed by atoms with Crippen molar-refractivity contribution in [1.29, 1.82) is 0 Å². The Morgan fingerprint density at radius 1 is 0.875 bits per heavy atom. The van der Waals surface area contributed by atoms with Crippen molar-refractivity contribution in [3.63, 3.8) is 0 Å². The van der Waals surface area contributed by atoms with Gasteiger partial charge >= 0.3 is 0 Å². The molecule has 0 spiro atoms. The highest BCUT2D eigenvalue weighted by molar-refractivity contribution is 4.71. The van der Waals surface area contributed by atoms with Crippen LogP contribution in [0.1, 0.15) is 53.9 Å². The molecule has 0 amide bonds. The minimum absolute atomic E-state index is 0.394. The van der Waals surface area contributed by atoms with E-state index in [-0.39, 0.29) is 0 Å². The van der Waals surface area contributed by atoms with Crippen LogP contribution in [0, 0.1) is 10.8 Å². The van der Waals surface area contributed by atoms with Crippen LogP contribution in [-0.4, -0.2) is 31.6 Å². The zero-order valence-corrected chi connectivity index (χ0v) is 12.3. The maximum Gasteiger partial charge on any atom is -0.00167 e. The molecule has 16 heavy (non-hydrogen) atoms. The monoisotopic (exact) mass is 228 g/mol. The van der Waals surface area contributed by atoms with Crippen LogP contribution in [0.5, 0.6) is 0 Å². The molecular formula is C14H32N2. The van der Waals surface area contributed by atoms with E-state index in [9.17, 15) is 0 Å². The van der Waals surface area contributed by atoms with E-state index >= 15 is 0 Å². The van der Waals surface area contributed by atoms with Gasteiger partial charge in [0, 0.05) is 0 Å². The van der Waals surface area contributed by atoms with Crippen LogP contribution in [0.15, 0.2) is 0 Å². The molecule has 0 aliphatic carbocycles. The molecule has 0 radical (unpaired) electrons. The van der Waals surface area contributed by atoms with Crippen LogP contribution < -0.4 is 5.73 Å². The van der Waals surface area contributed by atoms with Gasteiger partial charge in [0.25, 0.3) is 0 Å². The number of hydrogen-bond acceptors (Lipinski definition) is 2. The van der Waals surface area contributed by atoms with Crippen molar-refractivity contribution >= 4 is 0 Å². The van der Waals surface area contributed by atoms with Gasteiger partial charge in [-0.3, -0.25) is 0 Å². The molecule has 0 fully saturated rings. The predicted octanol–water partition coefficient (Wildman–Crippen LogP) is 3.12. The fraction of sp³-hybridized carbons (Fsp3) is 1.00. The highest BCUT2D eigenvalue weighted by Crippen LogP contribution is 2.24. The smallest absolute Gasteiger partial charge is 0.00167 e.